The highest BCUT2D eigenvalue weighted by Crippen LogP contribution is 2.15. The summed E-state index contributed by atoms with van der Waals surface area (Å²) in [6.45, 7) is 6.52. The molecule has 0 aliphatic carbocycles. The first kappa shape index (κ1) is 13.5. The Hall–Kier alpha value is -1.98. The molecule has 2 heterocycles. The van der Waals surface area contributed by atoms with E-state index in [9.17, 15) is 4.79 Å². The first-order chi connectivity index (χ1) is 9.06. The first-order valence-corrected chi connectivity index (χ1v) is 6.48. The van der Waals surface area contributed by atoms with Crippen molar-refractivity contribution in [2.75, 3.05) is 36.8 Å². The van der Waals surface area contributed by atoms with Gasteiger partial charge in [0, 0.05) is 26.2 Å². The van der Waals surface area contributed by atoms with Crippen molar-refractivity contribution >= 4 is 17.6 Å². The molecule has 6 nitrogen and oxygen atoms in total. The monoisotopic (exact) mass is 264 g/mol. The van der Waals surface area contributed by atoms with Gasteiger partial charge in [-0.25, -0.2) is 9.78 Å². The predicted molar refractivity (Wildman–Crippen MR) is 74.1 cm³/mol. The highest BCUT2D eigenvalue weighted by Gasteiger charge is 2.23. The number of piperazine rings is 1. The summed E-state index contributed by atoms with van der Waals surface area (Å²) in [5, 5.41) is 0. The van der Waals surface area contributed by atoms with Gasteiger partial charge in [-0.2, -0.15) is 0 Å². The summed E-state index contributed by atoms with van der Waals surface area (Å²) in [5.41, 5.74) is 6.27. The molecule has 2 N–H and O–H groups in total. The van der Waals surface area contributed by atoms with E-state index in [-0.39, 0.29) is 12.2 Å². The van der Waals surface area contributed by atoms with E-state index < -0.39 is 0 Å². The molecular weight excluding hydrogens is 244 g/mol. The van der Waals surface area contributed by atoms with E-state index in [1.54, 1.807) is 11.1 Å². The van der Waals surface area contributed by atoms with Crippen molar-refractivity contribution in [2.24, 2.45) is 0 Å². The number of ether oxygens (including phenoxy) is 1. The number of hydrogen-bond acceptors (Lipinski definition) is 5. The van der Waals surface area contributed by atoms with Gasteiger partial charge in [0.1, 0.15) is 5.82 Å². The molecule has 0 atom stereocenters. The Balaban J connectivity index is 1.88. The van der Waals surface area contributed by atoms with Crippen LogP contribution in [0.15, 0.2) is 18.3 Å². The van der Waals surface area contributed by atoms with Crippen LogP contribution in [0, 0.1) is 0 Å². The van der Waals surface area contributed by atoms with E-state index >= 15 is 0 Å². The summed E-state index contributed by atoms with van der Waals surface area (Å²) in [6, 6.07) is 3.74. The lowest BCUT2D eigenvalue weighted by Gasteiger charge is -2.35. The Morgan fingerprint density at radius 3 is 2.53 bits per heavy atom. The van der Waals surface area contributed by atoms with Crippen LogP contribution in [0.2, 0.25) is 0 Å². The number of rotatable bonds is 2. The minimum absolute atomic E-state index is 0.0794. The zero-order valence-electron chi connectivity index (χ0n) is 11.4. The van der Waals surface area contributed by atoms with Gasteiger partial charge in [-0.3, -0.25) is 0 Å². The van der Waals surface area contributed by atoms with Crippen LogP contribution >= 0.6 is 0 Å². The number of carbonyl (C=O) groups excluding carboxylic acids is 1. The smallest absolute Gasteiger partial charge is 0.410 e. The molecule has 0 saturated carbocycles. The summed E-state index contributed by atoms with van der Waals surface area (Å²) in [7, 11) is 0. The highest BCUT2D eigenvalue weighted by atomic mass is 16.6. The number of carbonyl (C=O) groups is 1. The van der Waals surface area contributed by atoms with Crippen molar-refractivity contribution in [1.82, 2.24) is 9.88 Å². The van der Waals surface area contributed by atoms with Crippen molar-refractivity contribution in [3.05, 3.63) is 18.3 Å². The fraction of sp³-hybridized carbons (Fsp3) is 0.538. The van der Waals surface area contributed by atoms with Gasteiger partial charge in [-0.05, 0) is 26.0 Å². The van der Waals surface area contributed by atoms with Gasteiger partial charge < -0.3 is 20.3 Å². The molecular formula is C13H20N4O2. The van der Waals surface area contributed by atoms with Crippen molar-refractivity contribution in [2.45, 2.75) is 20.0 Å². The fourth-order valence-corrected chi connectivity index (χ4v) is 1.98. The number of aromatic nitrogens is 1. The Labute approximate surface area is 113 Å². The molecule has 0 radical (unpaired) electrons. The molecule has 104 valence electrons. The highest BCUT2D eigenvalue weighted by molar-refractivity contribution is 5.68. The molecule has 1 saturated heterocycles. The quantitative estimate of drug-likeness (QED) is 0.872. The van der Waals surface area contributed by atoms with Crippen LogP contribution < -0.4 is 10.6 Å². The lowest BCUT2D eigenvalue weighted by molar-refractivity contribution is 0.0751. The lowest BCUT2D eigenvalue weighted by Crippen LogP contribution is -2.49. The second-order valence-electron chi connectivity index (χ2n) is 4.86. The van der Waals surface area contributed by atoms with E-state index in [0.29, 0.717) is 18.8 Å². The number of amides is 1. The van der Waals surface area contributed by atoms with Crippen LogP contribution in [0.25, 0.3) is 0 Å². The van der Waals surface area contributed by atoms with E-state index in [2.05, 4.69) is 9.88 Å². The second kappa shape index (κ2) is 5.77. The zero-order chi connectivity index (χ0) is 13.8. The maximum absolute atomic E-state index is 11.7. The third-order valence-corrected chi connectivity index (χ3v) is 2.97. The molecule has 1 aromatic heterocycles. The van der Waals surface area contributed by atoms with E-state index in [1.807, 2.05) is 26.0 Å². The van der Waals surface area contributed by atoms with Crippen LogP contribution in [-0.4, -0.2) is 48.3 Å². The Morgan fingerprint density at radius 2 is 2.00 bits per heavy atom. The van der Waals surface area contributed by atoms with Gasteiger partial charge in [0.15, 0.2) is 0 Å². The minimum atomic E-state index is -0.236. The average Bonchev–Trinajstić information content (AvgIpc) is 2.39. The van der Waals surface area contributed by atoms with Gasteiger partial charge in [0.2, 0.25) is 0 Å². The lowest BCUT2D eigenvalue weighted by atomic mass is 10.3. The van der Waals surface area contributed by atoms with Gasteiger partial charge in [0.05, 0.1) is 18.0 Å². The van der Waals surface area contributed by atoms with Crippen LogP contribution in [0.4, 0.5) is 16.3 Å². The SMILES string of the molecule is CC(C)OC(=O)N1CCN(c2ccc(N)cn2)CC1. The van der Waals surface area contributed by atoms with E-state index in [0.717, 1.165) is 18.9 Å². The van der Waals surface area contributed by atoms with Gasteiger partial charge in [-0.15, -0.1) is 0 Å². The van der Waals surface area contributed by atoms with E-state index in [4.69, 9.17) is 10.5 Å². The van der Waals surface area contributed by atoms with Gasteiger partial charge >= 0.3 is 6.09 Å². The summed E-state index contributed by atoms with van der Waals surface area (Å²) in [6.07, 6.45) is 1.33. The Bertz CT molecular complexity index is 425. The Morgan fingerprint density at radius 1 is 1.32 bits per heavy atom. The average molecular weight is 264 g/mol. The van der Waals surface area contributed by atoms with Crippen LogP contribution in [0.3, 0.4) is 0 Å². The summed E-state index contributed by atoms with van der Waals surface area (Å²) < 4.78 is 5.18. The number of hydrogen-bond donors (Lipinski definition) is 1. The molecule has 1 aromatic rings. The Kier molecular flexibility index (Phi) is 4.09. The topological polar surface area (TPSA) is 71.7 Å². The summed E-state index contributed by atoms with van der Waals surface area (Å²) >= 11 is 0. The number of nitrogen functional groups attached to an aromatic ring is 1. The maximum Gasteiger partial charge on any atom is 0.410 e. The number of pyridine rings is 1. The summed E-state index contributed by atoms with van der Waals surface area (Å²) in [4.78, 5) is 19.9. The zero-order valence-corrected chi connectivity index (χ0v) is 11.4. The van der Waals surface area contributed by atoms with Crippen LogP contribution in [0.1, 0.15) is 13.8 Å². The van der Waals surface area contributed by atoms with Crippen molar-refractivity contribution in [3.8, 4) is 0 Å². The number of anilines is 2. The molecule has 0 bridgehead atoms. The van der Waals surface area contributed by atoms with Crippen LogP contribution in [0.5, 0.6) is 0 Å². The molecule has 1 aliphatic rings. The first-order valence-electron chi connectivity index (χ1n) is 6.48. The third-order valence-electron chi connectivity index (χ3n) is 2.97. The maximum atomic E-state index is 11.7. The van der Waals surface area contributed by atoms with Crippen molar-refractivity contribution in [3.63, 3.8) is 0 Å². The molecule has 6 heteroatoms. The number of nitrogens with zero attached hydrogens (tertiary/aromatic N) is 3. The molecule has 0 aromatic carbocycles. The fourth-order valence-electron chi connectivity index (χ4n) is 1.98. The largest absolute Gasteiger partial charge is 0.447 e. The van der Waals surface area contributed by atoms with Gasteiger partial charge in [-0.1, -0.05) is 0 Å². The molecule has 0 spiro atoms. The summed E-state index contributed by atoms with van der Waals surface area (Å²) in [5.74, 6) is 0.895. The van der Waals surface area contributed by atoms with Crippen molar-refractivity contribution < 1.29 is 9.53 Å². The van der Waals surface area contributed by atoms with E-state index in [1.165, 1.54) is 0 Å². The normalized spacial score (nSPS) is 15.7. The molecule has 2 rings (SSSR count). The molecule has 1 aliphatic heterocycles. The predicted octanol–water partition coefficient (Wildman–Crippen LogP) is 1.33. The van der Waals surface area contributed by atoms with Crippen molar-refractivity contribution in [1.29, 1.82) is 0 Å². The number of nitrogens with two attached hydrogens (primary N) is 1. The van der Waals surface area contributed by atoms with Crippen LogP contribution in [-0.2, 0) is 4.74 Å². The van der Waals surface area contributed by atoms with Gasteiger partial charge in [0.25, 0.3) is 0 Å². The third kappa shape index (κ3) is 3.49. The standard InChI is InChI=1S/C13H20N4O2/c1-10(2)19-13(18)17-7-5-16(6-8-17)12-4-3-11(14)9-15-12/h3-4,9-10H,5-8,14H2,1-2H3. The molecule has 1 amide bonds. The molecule has 0 unspecified atom stereocenters. The second-order valence-corrected chi connectivity index (χ2v) is 4.86. The molecule has 1 fully saturated rings. The molecule has 19 heavy (non-hydrogen) atoms. The minimum Gasteiger partial charge on any atom is -0.447 e.